The van der Waals surface area contributed by atoms with Gasteiger partial charge in [0.2, 0.25) is 0 Å². The summed E-state index contributed by atoms with van der Waals surface area (Å²) < 4.78 is 0.914. The predicted octanol–water partition coefficient (Wildman–Crippen LogP) is 3.82. The van der Waals surface area contributed by atoms with Crippen molar-refractivity contribution in [3.05, 3.63) is 69.7 Å². The summed E-state index contributed by atoms with van der Waals surface area (Å²) in [5.74, 6) is -0.313. The molecule has 1 aliphatic heterocycles. The van der Waals surface area contributed by atoms with Gasteiger partial charge in [0.1, 0.15) is 0 Å². The molecule has 2 aromatic rings. The fourth-order valence-corrected chi connectivity index (χ4v) is 2.96. The number of carbonyl (C=O) groups excluding carboxylic acids is 1. The minimum Gasteiger partial charge on any atom is -0.365 e. The van der Waals surface area contributed by atoms with E-state index in [0.29, 0.717) is 17.5 Å². The third-order valence-electron chi connectivity index (χ3n) is 3.92. The molecule has 0 aliphatic carbocycles. The first kappa shape index (κ1) is 15.9. The van der Waals surface area contributed by atoms with Gasteiger partial charge < -0.3 is 5.11 Å². The van der Waals surface area contributed by atoms with Crippen molar-refractivity contribution in [3.63, 3.8) is 0 Å². The third kappa shape index (κ3) is 2.94. The number of aliphatic hydroxyl groups is 1. The number of nitrogens with zero attached hydrogens (tertiary/aromatic N) is 2. The molecule has 118 valence electrons. The number of amides is 1. The smallest absolute Gasteiger partial charge is 0.276 e. The number of hydrogen-bond acceptors (Lipinski definition) is 3. The van der Waals surface area contributed by atoms with Gasteiger partial charge in [-0.3, -0.25) is 4.79 Å². The summed E-state index contributed by atoms with van der Waals surface area (Å²) in [7, 11) is 0. The maximum absolute atomic E-state index is 12.8. The van der Waals surface area contributed by atoms with Crippen LogP contribution in [0.1, 0.15) is 34.8 Å². The average molecular weight is 373 g/mol. The number of benzene rings is 2. The maximum Gasteiger partial charge on any atom is 0.276 e. The normalized spacial score (nSPS) is 20.5. The van der Waals surface area contributed by atoms with Crippen molar-refractivity contribution in [3.8, 4) is 0 Å². The quantitative estimate of drug-likeness (QED) is 0.870. The highest BCUT2D eigenvalue weighted by Crippen LogP contribution is 2.36. The third-order valence-corrected chi connectivity index (χ3v) is 4.45. The number of halogens is 1. The second-order valence-corrected chi connectivity index (χ2v) is 6.73. The minimum atomic E-state index is -1.45. The molecule has 4 nitrogen and oxygen atoms in total. The molecule has 0 aromatic heterocycles. The van der Waals surface area contributed by atoms with Gasteiger partial charge in [-0.2, -0.15) is 10.1 Å². The van der Waals surface area contributed by atoms with Crippen LogP contribution in [0.2, 0.25) is 0 Å². The fourth-order valence-electron chi connectivity index (χ4n) is 2.69. The Morgan fingerprint density at radius 3 is 2.35 bits per heavy atom. The van der Waals surface area contributed by atoms with Crippen molar-refractivity contribution in [1.29, 1.82) is 0 Å². The molecule has 0 fully saturated rings. The standard InChI is InChI=1S/C18H17BrN2O2/c1-12-3-5-14(6-4-12)17(22)21-18(23,11-13(2)20-21)15-7-9-16(19)10-8-15/h3-10,23H,11H2,1-2H3. The summed E-state index contributed by atoms with van der Waals surface area (Å²) >= 11 is 3.38. The van der Waals surface area contributed by atoms with Gasteiger partial charge in [-0.1, -0.05) is 45.8 Å². The van der Waals surface area contributed by atoms with Gasteiger partial charge in [-0.05, 0) is 38.1 Å². The molecule has 0 radical (unpaired) electrons. The molecule has 5 heteroatoms. The van der Waals surface area contributed by atoms with E-state index in [1.165, 1.54) is 5.01 Å². The minimum absolute atomic E-state index is 0.298. The van der Waals surface area contributed by atoms with Crippen molar-refractivity contribution in [2.24, 2.45) is 5.10 Å². The Kier molecular flexibility index (Phi) is 4.08. The molecule has 23 heavy (non-hydrogen) atoms. The highest BCUT2D eigenvalue weighted by atomic mass is 79.9. The van der Waals surface area contributed by atoms with Crippen LogP contribution < -0.4 is 0 Å². The molecule has 1 unspecified atom stereocenters. The summed E-state index contributed by atoms with van der Waals surface area (Å²) in [5, 5.41) is 16.6. The van der Waals surface area contributed by atoms with E-state index in [0.717, 1.165) is 15.7 Å². The SMILES string of the molecule is CC1=NN(C(=O)c2ccc(C)cc2)C(O)(c2ccc(Br)cc2)C1. The molecular weight excluding hydrogens is 356 g/mol. The van der Waals surface area contributed by atoms with Crippen LogP contribution in [0.5, 0.6) is 0 Å². The van der Waals surface area contributed by atoms with Crippen LogP contribution in [-0.4, -0.2) is 21.7 Å². The van der Waals surface area contributed by atoms with Gasteiger partial charge >= 0.3 is 0 Å². The summed E-state index contributed by atoms with van der Waals surface area (Å²) in [6, 6.07) is 14.5. The van der Waals surface area contributed by atoms with Crippen LogP contribution in [0, 0.1) is 6.92 Å². The molecule has 3 rings (SSSR count). The lowest BCUT2D eigenvalue weighted by molar-refractivity contribution is -0.0765. The number of aryl methyl sites for hydroxylation is 1. The molecule has 1 aliphatic rings. The molecular formula is C18H17BrN2O2. The van der Waals surface area contributed by atoms with Crippen LogP contribution in [0.25, 0.3) is 0 Å². The zero-order valence-corrected chi connectivity index (χ0v) is 14.5. The zero-order valence-electron chi connectivity index (χ0n) is 13.0. The van der Waals surface area contributed by atoms with E-state index in [9.17, 15) is 9.90 Å². The van der Waals surface area contributed by atoms with E-state index in [-0.39, 0.29) is 5.91 Å². The van der Waals surface area contributed by atoms with Gasteiger partial charge in [-0.25, -0.2) is 0 Å². The van der Waals surface area contributed by atoms with Crippen molar-refractivity contribution in [2.75, 3.05) is 0 Å². The summed E-state index contributed by atoms with van der Waals surface area (Å²) in [4.78, 5) is 12.8. The van der Waals surface area contributed by atoms with Gasteiger partial charge in [0, 0.05) is 27.7 Å². The number of carbonyl (C=O) groups is 1. The Balaban J connectivity index is 1.99. The molecule has 0 bridgehead atoms. The highest BCUT2D eigenvalue weighted by molar-refractivity contribution is 9.10. The molecule has 0 spiro atoms. The summed E-state index contributed by atoms with van der Waals surface area (Å²) in [6.07, 6.45) is 0.298. The molecule has 1 amide bonds. The van der Waals surface area contributed by atoms with E-state index in [2.05, 4.69) is 21.0 Å². The molecule has 0 saturated carbocycles. The Hall–Kier alpha value is -1.98. The van der Waals surface area contributed by atoms with Crippen LogP contribution in [-0.2, 0) is 5.72 Å². The topological polar surface area (TPSA) is 52.9 Å². The number of hydrazone groups is 1. The Bertz CT molecular complexity index is 769. The van der Waals surface area contributed by atoms with Crippen LogP contribution in [0.4, 0.5) is 0 Å². The van der Waals surface area contributed by atoms with E-state index < -0.39 is 5.72 Å². The Labute approximate surface area is 143 Å². The largest absolute Gasteiger partial charge is 0.365 e. The van der Waals surface area contributed by atoms with Crippen LogP contribution >= 0.6 is 15.9 Å². The summed E-state index contributed by atoms with van der Waals surface area (Å²) in [6.45, 7) is 3.77. The van der Waals surface area contributed by atoms with E-state index >= 15 is 0 Å². The maximum atomic E-state index is 12.8. The first-order valence-electron chi connectivity index (χ1n) is 7.34. The number of rotatable bonds is 2. The van der Waals surface area contributed by atoms with Gasteiger partial charge in [0.15, 0.2) is 5.72 Å². The lowest BCUT2D eigenvalue weighted by Gasteiger charge is -2.31. The first-order valence-corrected chi connectivity index (χ1v) is 8.13. The van der Waals surface area contributed by atoms with Crippen LogP contribution in [0.3, 0.4) is 0 Å². The van der Waals surface area contributed by atoms with E-state index in [1.54, 1.807) is 24.3 Å². The van der Waals surface area contributed by atoms with Crippen LogP contribution in [0.15, 0.2) is 58.1 Å². The van der Waals surface area contributed by atoms with Crippen molar-refractivity contribution in [2.45, 2.75) is 26.0 Å². The Morgan fingerprint density at radius 1 is 1.13 bits per heavy atom. The van der Waals surface area contributed by atoms with Crippen molar-refractivity contribution in [1.82, 2.24) is 5.01 Å². The van der Waals surface area contributed by atoms with E-state index in [1.807, 2.05) is 38.1 Å². The second-order valence-electron chi connectivity index (χ2n) is 5.82. The van der Waals surface area contributed by atoms with Crippen molar-refractivity contribution >= 4 is 27.5 Å². The molecule has 1 heterocycles. The lowest BCUT2D eigenvalue weighted by Crippen LogP contribution is -2.43. The summed E-state index contributed by atoms with van der Waals surface area (Å²) in [5.41, 5.74) is 1.49. The van der Waals surface area contributed by atoms with Crippen molar-refractivity contribution < 1.29 is 9.90 Å². The second kappa shape index (κ2) is 5.91. The zero-order chi connectivity index (χ0) is 16.6. The fraction of sp³-hybridized carbons (Fsp3) is 0.222. The molecule has 1 atom stereocenters. The highest BCUT2D eigenvalue weighted by Gasteiger charge is 2.45. The van der Waals surface area contributed by atoms with E-state index in [4.69, 9.17) is 0 Å². The lowest BCUT2D eigenvalue weighted by atomic mass is 9.97. The number of hydrogen-bond donors (Lipinski definition) is 1. The molecule has 2 aromatic carbocycles. The van der Waals surface area contributed by atoms with Gasteiger partial charge in [0.25, 0.3) is 5.91 Å². The average Bonchev–Trinajstić information content (AvgIpc) is 2.84. The molecule has 0 saturated heterocycles. The van der Waals surface area contributed by atoms with Gasteiger partial charge in [-0.15, -0.1) is 0 Å². The predicted molar refractivity (Wildman–Crippen MR) is 93.1 cm³/mol. The monoisotopic (exact) mass is 372 g/mol. The first-order chi connectivity index (χ1) is 10.9. The Morgan fingerprint density at radius 2 is 1.74 bits per heavy atom. The van der Waals surface area contributed by atoms with Gasteiger partial charge in [0.05, 0.1) is 0 Å². The molecule has 1 N–H and O–H groups in total.